The topological polar surface area (TPSA) is 58.6 Å². The van der Waals surface area contributed by atoms with Crippen LogP contribution >= 0.6 is 0 Å². The molecule has 2 aliphatic heterocycles. The number of rotatable bonds is 6. The van der Waals surface area contributed by atoms with E-state index in [9.17, 15) is 9.59 Å². The minimum absolute atomic E-state index is 0.0342. The summed E-state index contributed by atoms with van der Waals surface area (Å²) in [5.74, 6) is 0.266. The lowest BCUT2D eigenvalue weighted by atomic mass is 9.88. The van der Waals surface area contributed by atoms with Crippen molar-refractivity contribution < 1.29 is 14.3 Å². The van der Waals surface area contributed by atoms with Crippen LogP contribution in [-0.4, -0.2) is 42.1 Å². The van der Waals surface area contributed by atoms with Gasteiger partial charge < -0.3 is 10.1 Å². The van der Waals surface area contributed by atoms with Crippen LogP contribution in [0.2, 0.25) is 0 Å². The molecule has 0 spiro atoms. The van der Waals surface area contributed by atoms with E-state index in [-0.39, 0.29) is 11.9 Å². The molecule has 2 saturated heterocycles. The van der Waals surface area contributed by atoms with Crippen molar-refractivity contribution in [3.8, 4) is 0 Å². The molecule has 2 aliphatic rings. The van der Waals surface area contributed by atoms with E-state index >= 15 is 0 Å². The summed E-state index contributed by atoms with van der Waals surface area (Å²) >= 11 is 0. The Morgan fingerprint density at radius 3 is 2.53 bits per heavy atom. The molecule has 0 aliphatic carbocycles. The Morgan fingerprint density at radius 2 is 2.00 bits per heavy atom. The molecule has 5 heteroatoms. The van der Waals surface area contributed by atoms with Crippen molar-refractivity contribution in [2.24, 2.45) is 5.92 Å². The fourth-order valence-electron chi connectivity index (χ4n) is 3.14. The van der Waals surface area contributed by atoms with E-state index in [0.29, 0.717) is 19.1 Å². The second kappa shape index (κ2) is 5.90. The number of nitrogens with one attached hydrogen (secondary N) is 1. The van der Waals surface area contributed by atoms with Crippen LogP contribution in [-0.2, 0) is 9.53 Å². The maximum absolute atomic E-state index is 12.6. The number of hydrogen-bond acceptors (Lipinski definition) is 3. The normalized spacial score (nSPS) is 26.0. The number of urea groups is 1. The zero-order valence-electron chi connectivity index (χ0n) is 11.9. The maximum atomic E-state index is 12.6. The fraction of sp³-hybridized carbons (Fsp3) is 0.857. The molecule has 1 atom stereocenters. The smallest absolute Gasteiger partial charge is 0.325 e. The molecule has 0 saturated carbocycles. The van der Waals surface area contributed by atoms with Crippen LogP contribution < -0.4 is 5.32 Å². The number of nitrogens with zero attached hydrogens (tertiary/aromatic N) is 1. The van der Waals surface area contributed by atoms with Gasteiger partial charge in [-0.1, -0.05) is 26.7 Å². The lowest BCUT2D eigenvalue weighted by Gasteiger charge is -2.26. The van der Waals surface area contributed by atoms with E-state index in [0.717, 1.165) is 38.7 Å². The molecular weight excluding hydrogens is 244 g/mol. The van der Waals surface area contributed by atoms with Crippen LogP contribution in [0.4, 0.5) is 4.79 Å². The van der Waals surface area contributed by atoms with E-state index in [2.05, 4.69) is 5.32 Å². The molecule has 2 rings (SSSR count). The Bertz CT molecular complexity index is 345. The molecule has 108 valence electrons. The molecule has 3 amide bonds. The lowest BCUT2D eigenvalue weighted by molar-refractivity contribution is -0.132. The monoisotopic (exact) mass is 268 g/mol. The standard InChI is InChI=1S/C14H24N2O3/c1-3-6-14(7-4-2)12(17)16(13(18)15-14)9-11-5-8-19-10-11/h11H,3-10H2,1-2H3,(H,15,18)/t11-/m1/s1. The number of imide groups is 1. The average molecular weight is 268 g/mol. The first-order valence-corrected chi connectivity index (χ1v) is 7.35. The molecule has 2 fully saturated rings. The van der Waals surface area contributed by atoms with Crippen LogP contribution in [0.3, 0.4) is 0 Å². The summed E-state index contributed by atoms with van der Waals surface area (Å²) in [5.41, 5.74) is -0.653. The van der Waals surface area contributed by atoms with Gasteiger partial charge in [-0.15, -0.1) is 0 Å². The van der Waals surface area contributed by atoms with Crippen LogP contribution in [0.25, 0.3) is 0 Å². The number of ether oxygens (including phenoxy) is 1. The molecule has 0 aromatic carbocycles. The molecule has 0 aromatic rings. The second-order valence-electron chi connectivity index (χ2n) is 5.66. The van der Waals surface area contributed by atoms with Gasteiger partial charge in [-0.2, -0.15) is 0 Å². The van der Waals surface area contributed by atoms with Gasteiger partial charge in [0, 0.05) is 19.1 Å². The summed E-state index contributed by atoms with van der Waals surface area (Å²) in [6.07, 6.45) is 4.18. The largest absolute Gasteiger partial charge is 0.381 e. The molecule has 1 N–H and O–H groups in total. The summed E-state index contributed by atoms with van der Waals surface area (Å²) in [7, 11) is 0. The van der Waals surface area contributed by atoms with E-state index in [1.807, 2.05) is 13.8 Å². The maximum Gasteiger partial charge on any atom is 0.325 e. The van der Waals surface area contributed by atoms with Crippen molar-refractivity contribution in [3.05, 3.63) is 0 Å². The van der Waals surface area contributed by atoms with Gasteiger partial charge in [0.05, 0.1) is 6.61 Å². The van der Waals surface area contributed by atoms with Gasteiger partial charge in [-0.3, -0.25) is 9.69 Å². The number of hydrogen-bond donors (Lipinski definition) is 1. The van der Waals surface area contributed by atoms with Crippen molar-refractivity contribution in [1.29, 1.82) is 0 Å². The minimum Gasteiger partial charge on any atom is -0.381 e. The summed E-state index contributed by atoms with van der Waals surface area (Å²) in [6.45, 7) is 5.99. The molecule has 19 heavy (non-hydrogen) atoms. The van der Waals surface area contributed by atoms with E-state index in [4.69, 9.17) is 4.74 Å². The Hall–Kier alpha value is -1.10. The van der Waals surface area contributed by atoms with Gasteiger partial charge in [0.2, 0.25) is 0 Å². The number of carbonyl (C=O) groups is 2. The summed E-state index contributed by atoms with van der Waals surface area (Å²) in [5, 5.41) is 2.94. The van der Waals surface area contributed by atoms with Crippen LogP contribution in [0.15, 0.2) is 0 Å². The highest BCUT2D eigenvalue weighted by Crippen LogP contribution is 2.29. The molecule has 0 unspecified atom stereocenters. The molecule has 5 nitrogen and oxygen atoms in total. The van der Waals surface area contributed by atoms with Crippen molar-refractivity contribution in [2.75, 3.05) is 19.8 Å². The Kier molecular flexibility index (Phi) is 4.45. The molecule has 0 bridgehead atoms. The van der Waals surface area contributed by atoms with Gasteiger partial charge >= 0.3 is 6.03 Å². The van der Waals surface area contributed by atoms with E-state index in [1.54, 1.807) is 0 Å². The average Bonchev–Trinajstić information content (AvgIpc) is 2.94. The molecular formula is C14H24N2O3. The first-order chi connectivity index (χ1) is 9.13. The Labute approximate surface area is 114 Å². The molecule has 0 aromatic heterocycles. The third-order valence-corrected chi connectivity index (χ3v) is 4.06. The van der Waals surface area contributed by atoms with Gasteiger partial charge in [-0.25, -0.2) is 4.79 Å². The molecule has 0 radical (unpaired) electrons. The highest BCUT2D eigenvalue weighted by Gasteiger charge is 2.50. The van der Waals surface area contributed by atoms with Crippen LogP contribution in [0.1, 0.15) is 46.0 Å². The summed E-state index contributed by atoms with van der Waals surface area (Å²) < 4.78 is 5.32. The zero-order valence-corrected chi connectivity index (χ0v) is 11.9. The van der Waals surface area contributed by atoms with Gasteiger partial charge in [0.15, 0.2) is 0 Å². The first-order valence-electron chi connectivity index (χ1n) is 7.35. The fourth-order valence-corrected chi connectivity index (χ4v) is 3.14. The summed E-state index contributed by atoms with van der Waals surface area (Å²) in [6, 6.07) is -0.223. The predicted octanol–water partition coefficient (Wildman–Crippen LogP) is 1.91. The van der Waals surface area contributed by atoms with Gasteiger partial charge in [0.1, 0.15) is 5.54 Å². The Balaban J connectivity index is 2.08. The predicted molar refractivity (Wildman–Crippen MR) is 71.7 cm³/mol. The van der Waals surface area contributed by atoms with Crippen molar-refractivity contribution in [3.63, 3.8) is 0 Å². The van der Waals surface area contributed by atoms with Crippen molar-refractivity contribution in [2.45, 2.75) is 51.5 Å². The quantitative estimate of drug-likeness (QED) is 0.749. The van der Waals surface area contributed by atoms with Crippen LogP contribution in [0.5, 0.6) is 0 Å². The summed E-state index contributed by atoms with van der Waals surface area (Å²) in [4.78, 5) is 26.1. The highest BCUT2D eigenvalue weighted by atomic mass is 16.5. The Morgan fingerprint density at radius 1 is 1.32 bits per heavy atom. The number of amides is 3. The third kappa shape index (κ3) is 2.76. The van der Waals surface area contributed by atoms with Crippen LogP contribution in [0, 0.1) is 5.92 Å². The highest BCUT2D eigenvalue weighted by molar-refractivity contribution is 6.07. The molecule has 2 heterocycles. The second-order valence-corrected chi connectivity index (χ2v) is 5.66. The SMILES string of the molecule is CCCC1(CCC)NC(=O)N(C[C@H]2CCOC2)C1=O. The zero-order chi connectivity index (χ0) is 13.9. The lowest BCUT2D eigenvalue weighted by Crippen LogP contribution is -2.47. The van der Waals surface area contributed by atoms with Gasteiger partial charge in [0.25, 0.3) is 5.91 Å². The van der Waals surface area contributed by atoms with Crippen molar-refractivity contribution in [1.82, 2.24) is 10.2 Å². The van der Waals surface area contributed by atoms with E-state index < -0.39 is 5.54 Å². The van der Waals surface area contributed by atoms with Crippen molar-refractivity contribution >= 4 is 11.9 Å². The van der Waals surface area contributed by atoms with E-state index in [1.165, 1.54) is 4.90 Å². The minimum atomic E-state index is -0.653. The number of carbonyl (C=O) groups excluding carboxylic acids is 2. The first kappa shape index (κ1) is 14.3. The third-order valence-electron chi connectivity index (χ3n) is 4.06. The van der Waals surface area contributed by atoms with Gasteiger partial charge in [-0.05, 0) is 19.3 Å².